The van der Waals surface area contributed by atoms with Crippen molar-refractivity contribution in [2.24, 2.45) is 7.05 Å². The summed E-state index contributed by atoms with van der Waals surface area (Å²) in [4.78, 5) is 1.48. The van der Waals surface area contributed by atoms with E-state index in [0.717, 1.165) is 24.4 Å². The first-order valence-electron chi connectivity index (χ1n) is 6.24. The van der Waals surface area contributed by atoms with E-state index in [9.17, 15) is 0 Å². The Labute approximate surface area is 112 Å². The molecule has 1 atom stereocenters. The van der Waals surface area contributed by atoms with E-state index in [-0.39, 0.29) is 6.04 Å². The molecule has 2 aromatic rings. The van der Waals surface area contributed by atoms with E-state index in [2.05, 4.69) is 32.9 Å². The number of nitrogens with zero attached hydrogens (tertiary/aromatic N) is 4. The predicted molar refractivity (Wildman–Crippen MR) is 72.0 cm³/mol. The fourth-order valence-electron chi connectivity index (χ4n) is 1.99. The highest BCUT2D eigenvalue weighted by molar-refractivity contribution is 5.29. The second-order valence-electron chi connectivity index (χ2n) is 4.44. The maximum Gasteiger partial charge on any atom is 0.176 e. The molecule has 0 saturated carbocycles. The van der Waals surface area contributed by atoms with Crippen molar-refractivity contribution in [2.75, 3.05) is 14.2 Å². The number of tetrazole rings is 1. The minimum Gasteiger partial charge on any atom is -0.497 e. The molecule has 6 heteroatoms. The first kappa shape index (κ1) is 13.5. The van der Waals surface area contributed by atoms with Gasteiger partial charge in [-0.05, 0) is 36.4 Å². The fourth-order valence-corrected chi connectivity index (χ4v) is 1.99. The van der Waals surface area contributed by atoms with E-state index in [1.807, 2.05) is 19.2 Å². The average Bonchev–Trinajstić information content (AvgIpc) is 2.83. The van der Waals surface area contributed by atoms with Gasteiger partial charge in [0.15, 0.2) is 5.82 Å². The molecule has 0 amide bonds. The molecule has 1 heterocycles. The van der Waals surface area contributed by atoms with Crippen LogP contribution >= 0.6 is 0 Å². The van der Waals surface area contributed by atoms with Crippen LogP contribution in [0.25, 0.3) is 0 Å². The van der Waals surface area contributed by atoms with Gasteiger partial charge in [0.1, 0.15) is 5.75 Å². The zero-order chi connectivity index (χ0) is 13.7. The Hall–Kier alpha value is -1.95. The maximum atomic E-state index is 5.23. The van der Waals surface area contributed by atoms with Crippen molar-refractivity contribution in [1.29, 1.82) is 0 Å². The SMILES string of the molecule is CNC(Cc1cccc(OC)c1)Cc1nnn(C)n1. The summed E-state index contributed by atoms with van der Waals surface area (Å²) in [6, 6.07) is 8.37. The smallest absolute Gasteiger partial charge is 0.176 e. The summed E-state index contributed by atoms with van der Waals surface area (Å²) in [6.07, 6.45) is 1.65. The highest BCUT2D eigenvalue weighted by Crippen LogP contribution is 2.14. The molecule has 1 N–H and O–H groups in total. The number of nitrogens with one attached hydrogen (secondary N) is 1. The third kappa shape index (κ3) is 3.75. The summed E-state index contributed by atoms with van der Waals surface area (Å²) in [6.45, 7) is 0. The van der Waals surface area contributed by atoms with E-state index in [1.54, 1.807) is 14.2 Å². The van der Waals surface area contributed by atoms with Crippen LogP contribution in [0.15, 0.2) is 24.3 Å². The predicted octanol–water partition coefficient (Wildman–Crippen LogP) is 0.592. The Bertz CT molecular complexity index is 525. The third-order valence-corrected chi connectivity index (χ3v) is 3.00. The molecule has 1 unspecified atom stereocenters. The van der Waals surface area contributed by atoms with E-state index >= 15 is 0 Å². The maximum absolute atomic E-state index is 5.23. The van der Waals surface area contributed by atoms with Gasteiger partial charge in [-0.3, -0.25) is 0 Å². The molecule has 0 saturated heterocycles. The van der Waals surface area contributed by atoms with Crippen LogP contribution in [0.3, 0.4) is 0 Å². The molecule has 0 aliphatic rings. The number of aromatic nitrogens is 4. The van der Waals surface area contributed by atoms with Gasteiger partial charge < -0.3 is 10.1 Å². The highest BCUT2D eigenvalue weighted by atomic mass is 16.5. The number of aryl methyl sites for hydroxylation is 1. The summed E-state index contributed by atoms with van der Waals surface area (Å²) in [7, 11) is 5.40. The van der Waals surface area contributed by atoms with Crippen molar-refractivity contribution in [1.82, 2.24) is 25.5 Å². The highest BCUT2D eigenvalue weighted by Gasteiger charge is 2.12. The number of ether oxygens (including phenoxy) is 1. The number of hydrogen-bond acceptors (Lipinski definition) is 5. The summed E-state index contributed by atoms with van der Waals surface area (Å²) >= 11 is 0. The number of benzene rings is 1. The molecule has 0 spiro atoms. The van der Waals surface area contributed by atoms with E-state index in [0.29, 0.717) is 0 Å². The van der Waals surface area contributed by atoms with Crippen molar-refractivity contribution in [3.05, 3.63) is 35.7 Å². The lowest BCUT2D eigenvalue weighted by atomic mass is 10.0. The topological polar surface area (TPSA) is 64.9 Å². The summed E-state index contributed by atoms with van der Waals surface area (Å²) < 4.78 is 5.23. The summed E-state index contributed by atoms with van der Waals surface area (Å²) in [5.74, 6) is 1.63. The van der Waals surface area contributed by atoms with Gasteiger partial charge in [-0.25, -0.2) is 0 Å². The zero-order valence-electron chi connectivity index (χ0n) is 11.5. The van der Waals surface area contributed by atoms with E-state index in [4.69, 9.17) is 4.74 Å². The van der Waals surface area contributed by atoms with Gasteiger partial charge in [-0.2, -0.15) is 4.80 Å². The number of hydrogen-bond donors (Lipinski definition) is 1. The number of methoxy groups -OCH3 is 1. The Morgan fingerprint density at radius 3 is 2.84 bits per heavy atom. The Morgan fingerprint density at radius 1 is 1.37 bits per heavy atom. The molecular formula is C13H19N5O. The summed E-state index contributed by atoms with van der Waals surface area (Å²) in [5.41, 5.74) is 1.22. The van der Waals surface area contributed by atoms with Crippen molar-refractivity contribution >= 4 is 0 Å². The van der Waals surface area contributed by atoms with Gasteiger partial charge in [0, 0.05) is 12.5 Å². The van der Waals surface area contributed by atoms with Crippen LogP contribution in [0, 0.1) is 0 Å². The van der Waals surface area contributed by atoms with Gasteiger partial charge in [-0.1, -0.05) is 12.1 Å². The Balaban J connectivity index is 2.01. The van der Waals surface area contributed by atoms with Gasteiger partial charge >= 0.3 is 0 Å². The van der Waals surface area contributed by atoms with Crippen LogP contribution in [0.4, 0.5) is 0 Å². The molecule has 102 valence electrons. The van der Waals surface area contributed by atoms with Crippen molar-refractivity contribution < 1.29 is 4.74 Å². The molecule has 2 rings (SSSR count). The quantitative estimate of drug-likeness (QED) is 0.824. The van der Waals surface area contributed by atoms with Crippen LogP contribution in [0.1, 0.15) is 11.4 Å². The largest absolute Gasteiger partial charge is 0.497 e. The zero-order valence-corrected chi connectivity index (χ0v) is 11.5. The molecule has 1 aromatic carbocycles. The fraction of sp³-hybridized carbons (Fsp3) is 0.462. The van der Waals surface area contributed by atoms with Gasteiger partial charge in [0.25, 0.3) is 0 Å². The van der Waals surface area contributed by atoms with Crippen molar-refractivity contribution in [2.45, 2.75) is 18.9 Å². The molecule has 0 radical (unpaired) electrons. The first-order valence-corrected chi connectivity index (χ1v) is 6.24. The molecule has 1 aromatic heterocycles. The first-order chi connectivity index (χ1) is 9.21. The second-order valence-corrected chi connectivity index (χ2v) is 4.44. The van der Waals surface area contributed by atoms with Gasteiger partial charge in [0.05, 0.1) is 14.2 Å². The lowest BCUT2D eigenvalue weighted by molar-refractivity contribution is 0.414. The molecule has 6 nitrogen and oxygen atoms in total. The monoisotopic (exact) mass is 261 g/mol. The minimum absolute atomic E-state index is 0.274. The lowest BCUT2D eigenvalue weighted by Crippen LogP contribution is -2.30. The third-order valence-electron chi connectivity index (χ3n) is 3.00. The van der Waals surface area contributed by atoms with Crippen molar-refractivity contribution in [3.63, 3.8) is 0 Å². The van der Waals surface area contributed by atoms with E-state index in [1.165, 1.54) is 10.4 Å². The molecule has 0 bridgehead atoms. The molecular weight excluding hydrogens is 242 g/mol. The molecule has 19 heavy (non-hydrogen) atoms. The molecule has 0 aliphatic heterocycles. The van der Waals surface area contributed by atoms with Gasteiger partial charge in [-0.15, -0.1) is 10.2 Å². The van der Waals surface area contributed by atoms with Crippen LogP contribution in [0.2, 0.25) is 0 Å². The number of likely N-dealkylation sites (N-methyl/N-ethyl adjacent to an activating group) is 1. The summed E-state index contributed by atoms with van der Waals surface area (Å²) in [5, 5.41) is 15.4. The van der Waals surface area contributed by atoms with Crippen LogP contribution in [-0.4, -0.2) is 40.4 Å². The normalized spacial score (nSPS) is 12.4. The number of rotatable bonds is 6. The minimum atomic E-state index is 0.274. The molecule has 0 aliphatic carbocycles. The lowest BCUT2D eigenvalue weighted by Gasteiger charge is -2.14. The van der Waals surface area contributed by atoms with Crippen LogP contribution < -0.4 is 10.1 Å². The second kappa shape index (κ2) is 6.29. The Kier molecular flexibility index (Phi) is 4.46. The Morgan fingerprint density at radius 2 is 2.21 bits per heavy atom. The van der Waals surface area contributed by atoms with Crippen LogP contribution in [-0.2, 0) is 19.9 Å². The van der Waals surface area contributed by atoms with E-state index < -0.39 is 0 Å². The standard InChI is InChI=1S/C13H19N5O/c1-14-11(9-13-15-17-18(2)16-13)7-10-5-4-6-12(8-10)19-3/h4-6,8,11,14H,7,9H2,1-3H3. The van der Waals surface area contributed by atoms with Crippen molar-refractivity contribution in [3.8, 4) is 5.75 Å². The molecule has 0 fully saturated rings. The average molecular weight is 261 g/mol. The van der Waals surface area contributed by atoms with Gasteiger partial charge in [0.2, 0.25) is 0 Å². The van der Waals surface area contributed by atoms with Crippen LogP contribution in [0.5, 0.6) is 5.75 Å².